The summed E-state index contributed by atoms with van der Waals surface area (Å²) in [5, 5.41) is 3.03. The molecule has 0 saturated heterocycles. The van der Waals surface area contributed by atoms with Crippen LogP contribution in [0.5, 0.6) is 5.75 Å². The summed E-state index contributed by atoms with van der Waals surface area (Å²) in [6, 6.07) is 22.4. The van der Waals surface area contributed by atoms with Crippen LogP contribution in [0, 0.1) is 5.82 Å². The smallest absolute Gasteiger partial charge is 0.261 e. The van der Waals surface area contributed by atoms with E-state index < -0.39 is 6.04 Å². The number of aryl methyl sites for hydroxylation is 1. The van der Waals surface area contributed by atoms with Crippen LogP contribution in [0.25, 0.3) is 0 Å². The van der Waals surface area contributed by atoms with Gasteiger partial charge in [-0.1, -0.05) is 68.4 Å². The highest BCUT2D eigenvalue weighted by Gasteiger charge is 2.31. The molecule has 0 fully saturated rings. The first-order valence-electron chi connectivity index (χ1n) is 12.5. The quantitative estimate of drug-likeness (QED) is 0.374. The molecule has 36 heavy (non-hydrogen) atoms. The molecule has 5 nitrogen and oxygen atoms in total. The van der Waals surface area contributed by atoms with Crippen molar-refractivity contribution in [3.05, 3.63) is 101 Å². The molecule has 0 bridgehead atoms. The molecule has 0 heterocycles. The minimum absolute atomic E-state index is 0.0353. The van der Waals surface area contributed by atoms with Crippen LogP contribution >= 0.6 is 0 Å². The molecule has 190 valence electrons. The number of halogens is 1. The summed E-state index contributed by atoms with van der Waals surface area (Å²) in [6.45, 7) is 5.95. The Morgan fingerprint density at radius 2 is 1.53 bits per heavy atom. The monoisotopic (exact) mass is 490 g/mol. The Kier molecular flexibility index (Phi) is 10.0. The highest BCUT2D eigenvalue weighted by atomic mass is 19.1. The van der Waals surface area contributed by atoms with Crippen LogP contribution in [0.4, 0.5) is 4.39 Å². The number of carbonyl (C=O) groups is 2. The lowest BCUT2D eigenvalue weighted by Gasteiger charge is -2.32. The first-order valence-corrected chi connectivity index (χ1v) is 12.5. The maximum atomic E-state index is 13.5. The molecule has 0 radical (unpaired) electrons. The summed E-state index contributed by atoms with van der Waals surface area (Å²) in [5.41, 5.74) is 2.84. The van der Waals surface area contributed by atoms with Gasteiger partial charge in [0.05, 0.1) is 0 Å². The zero-order chi connectivity index (χ0) is 25.9. The Morgan fingerprint density at radius 3 is 2.14 bits per heavy atom. The maximum absolute atomic E-state index is 13.5. The second kappa shape index (κ2) is 13.4. The Hall–Kier alpha value is -3.67. The number of ether oxygens (including phenoxy) is 1. The van der Waals surface area contributed by atoms with Gasteiger partial charge in [-0.15, -0.1) is 0 Å². The molecule has 2 atom stereocenters. The standard InChI is InChI=1S/C30H35FN2O3/c1-4-22(3)32-30(35)28(19-24-9-7-6-8-10-24)33(20-25-11-15-26(31)16-12-25)29(34)21-36-27-17-13-23(5-2)14-18-27/h6-18,22,28H,4-5,19-21H2,1-3H3,(H,32,35). The van der Waals surface area contributed by atoms with Crippen LogP contribution in [0.2, 0.25) is 0 Å². The van der Waals surface area contributed by atoms with E-state index in [1.807, 2.05) is 68.4 Å². The Balaban J connectivity index is 1.88. The van der Waals surface area contributed by atoms with Gasteiger partial charge in [0.25, 0.3) is 5.91 Å². The van der Waals surface area contributed by atoms with Gasteiger partial charge >= 0.3 is 0 Å². The van der Waals surface area contributed by atoms with E-state index in [1.165, 1.54) is 17.7 Å². The van der Waals surface area contributed by atoms with Crippen molar-refractivity contribution in [2.24, 2.45) is 0 Å². The number of amides is 2. The molecule has 3 rings (SSSR count). The first-order chi connectivity index (χ1) is 17.4. The van der Waals surface area contributed by atoms with Crippen molar-refractivity contribution < 1.29 is 18.7 Å². The summed E-state index contributed by atoms with van der Waals surface area (Å²) in [6.07, 6.45) is 2.03. The minimum Gasteiger partial charge on any atom is -0.484 e. The van der Waals surface area contributed by atoms with Gasteiger partial charge in [0.1, 0.15) is 17.6 Å². The van der Waals surface area contributed by atoms with Gasteiger partial charge in [-0.25, -0.2) is 4.39 Å². The van der Waals surface area contributed by atoms with Crippen LogP contribution in [-0.2, 0) is 29.0 Å². The van der Waals surface area contributed by atoms with Gasteiger partial charge in [-0.2, -0.15) is 0 Å². The minimum atomic E-state index is -0.759. The second-order valence-electron chi connectivity index (χ2n) is 8.96. The summed E-state index contributed by atoms with van der Waals surface area (Å²) < 4.78 is 19.3. The number of hydrogen-bond donors (Lipinski definition) is 1. The topological polar surface area (TPSA) is 58.6 Å². The van der Waals surface area contributed by atoms with Gasteiger partial charge in [0.2, 0.25) is 5.91 Å². The zero-order valence-electron chi connectivity index (χ0n) is 21.2. The largest absolute Gasteiger partial charge is 0.484 e. The third-order valence-corrected chi connectivity index (χ3v) is 6.23. The normalized spacial score (nSPS) is 12.4. The molecule has 2 amide bonds. The fourth-order valence-corrected chi connectivity index (χ4v) is 3.83. The molecule has 0 aromatic heterocycles. The maximum Gasteiger partial charge on any atom is 0.261 e. The number of hydrogen-bond acceptors (Lipinski definition) is 3. The molecule has 0 saturated carbocycles. The molecule has 0 aliphatic heterocycles. The number of rotatable bonds is 12. The van der Waals surface area contributed by atoms with E-state index in [9.17, 15) is 14.0 Å². The fourth-order valence-electron chi connectivity index (χ4n) is 3.83. The van der Waals surface area contributed by atoms with Crippen molar-refractivity contribution in [1.29, 1.82) is 0 Å². The van der Waals surface area contributed by atoms with Gasteiger partial charge in [0, 0.05) is 19.0 Å². The first kappa shape index (κ1) is 26.9. The van der Waals surface area contributed by atoms with Crippen LogP contribution in [0.3, 0.4) is 0 Å². The zero-order valence-corrected chi connectivity index (χ0v) is 21.2. The summed E-state index contributed by atoms with van der Waals surface area (Å²) in [4.78, 5) is 28.5. The van der Waals surface area contributed by atoms with Crippen LogP contribution in [0.15, 0.2) is 78.9 Å². The van der Waals surface area contributed by atoms with E-state index >= 15 is 0 Å². The van der Waals surface area contributed by atoms with E-state index in [0.717, 1.165) is 24.0 Å². The Bertz CT molecular complexity index is 1100. The predicted octanol–water partition coefficient (Wildman–Crippen LogP) is 5.32. The molecule has 0 aliphatic carbocycles. The van der Waals surface area contributed by atoms with Crippen molar-refractivity contribution in [2.45, 2.75) is 58.7 Å². The van der Waals surface area contributed by atoms with Crippen LogP contribution < -0.4 is 10.1 Å². The molecule has 0 spiro atoms. The number of nitrogens with one attached hydrogen (secondary N) is 1. The SMILES string of the molecule is CCc1ccc(OCC(=O)N(Cc2ccc(F)cc2)C(Cc2ccccc2)C(=O)NC(C)CC)cc1. The molecular formula is C30H35FN2O3. The van der Waals surface area contributed by atoms with E-state index in [1.54, 1.807) is 17.0 Å². The molecule has 3 aromatic carbocycles. The van der Waals surface area contributed by atoms with E-state index in [4.69, 9.17) is 4.74 Å². The van der Waals surface area contributed by atoms with Gasteiger partial charge < -0.3 is 15.0 Å². The molecule has 0 aliphatic rings. The van der Waals surface area contributed by atoms with Gasteiger partial charge in [-0.3, -0.25) is 9.59 Å². The summed E-state index contributed by atoms with van der Waals surface area (Å²) >= 11 is 0. The Labute approximate surface area is 213 Å². The molecule has 2 unspecified atom stereocenters. The highest BCUT2D eigenvalue weighted by molar-refractivity contribution is 5.88. The number of benzene rings is 3. The molecule has 3 aromatic rings. The number of nitrogens with zero attached hydrogens (tertiary/aromatic N) is 1. The highest BCUT2D eigenvalue weighted by Crippen LogP contribution is 2.17. The van der Waals surface area contributed by atoms with Crippen molar-refractivity contribution in [1.82, 2.24) is 10.2 Å². The van der Waals surface area contributed by atoms with Crippen molar-refractivity contribution >= 4 is 11.8 Å². The van der Waals surface area contributed by atoms with Gasteiger partial charge in [0.15, 0.2) is 6.61 Å². The van der Waals surface area contributed by atoms with E-state index in [0.29, 0.717) is 12.2 Å². The molecular weight excluding hydrogens is 455 g/mol. The average Bonchev–Trinajstić information content (AvgIpc) is 2.91. The van der Waals surface area contributed by atoms with Gasteiger partial charge in [-0.05, 0) is 60.7 Å². The third-order valence-electron chi connectivity index (χ3n) is 6.23. The summed E-state index contributed by atoms with van der Waals surface area (Å²) in [7, 11) is 0. The lowest BCUT2D eigenvalue weighted by Crippen LogP contribution is -2.53. The van der Waals surface area contributed by atoms with Crippen LogP contribution in [-0.4, -0.2) is 35.4 Å². The second-order valence-corrected chi connectivity index (χ2v) is 8.96. The molecule has 6 heteroatoms. The van der Waals surface area contributed by atoms with Crippen molar-refractivity contribution in [3.63, 3.8) is 0 Å². The average molecular weight is 491 g/mol. The molecule has 1 N–H and O–H groups in total. The Morgan fingerprint density at radius 1 is 0.889 bits per heavy atom. The fraction of sp³-hybridized carbons (Fsp3) is 0.333. The van der Waals surface area contributed by atoms with Crippen molar-refractivity contribution in [3.8, 4) is 5.75 Å². The van der Waals surface area contributed by atoms with E-state index in [2.05, 4.69) is 12.2 Å². The lowest BCUT2D eigenvalue weighted by atomic mass is 10.0. The number of carbonyl (C=O) groups excluding carboxylic acids is 2. The summed E-state index contributed by atoms with van der Waals surface area (Å²) in [5.74, 6) is -0.313. The van der Waals surface area contributed by atoms with Crippen LogP contribution in [0.1, 0.15) is 43.9 Å². The lowest BCUT2D eigenvalue weighted by molar-refractivity contribution is -0.143. The van der Waals surface area contributed by atoms with E-state index in [-0.39, 0.29) is 36.8 Å². The van der Waals surface area contributed by atoms with Crippen molar-refractivity contribution in [2.75, 3.05) is 6.61 Å². The third kappa shape index (κ3) is 7.94. The predicted molar refractivity (Wildman–Crippen MR) is 140 cm³/mol.